The van der Waals surface area contributed by atoms with Gasteiger partial charge in [0.25, 0.3) is 20.0 Å². The Morgan fingerprint density at radius 2 is 1.10 bits per heavy atom. The first-order chi connectivity index (χ1) is 14.6. The van der Waals surface area contributed by atoms with E-state index in [4.69, 9.17) is 9.47 Å². The van der Waals surface area contributed by atoms with Crippen LogP contribution in [0.1, 0.15) is 5.56 Å². The summed E-state index contributed by atoms with van der Waals surface area (Å²) in [6, 6.07) is 16.6. The predicted molar refractivity (Wildman–Crippen MR) is 119 cm³/mol. The summed E-state index contributed by atoms with van der Waals surface area (Å²) >= 11 is 0. The van der Waals surface area contributed by atoms with Gasteiger partial charge in [0.2, 0.25) is 0 Å². The molecular formula is C21H22N2O6S2. The van der Waals surface area contributed by atoms with Gasteiger partial charge in [-0.2, -0.15) is 0 Å². The topological polar surface area (TPSA) is 111 Å². The minimum Gasteiger partial charge on any atom is -0.497 e. The molecule has 0 aliphatic heterocycles. The van der Waals surface area contributed by atoms with Gasteiger partial charge in [0.05, 0.1) is 24.0 Å². The number of benzene rings is 3. The highest BCUT2D eigenvalue weighted by Gasteiger charge is 2.22. The van der Waals surface area contributed by atoms with E-state index < -0.39 is 20.0 Å². The van der Waals surface area contributed by atoms with Crippen LogP contribution >= 0.6 is 0 Å². The van der Waals surface area contributed by atoms with E-state index in [0.717, 1.165) is 6.07 Å². The monoisotopic (exact) mass is 462 g/mol. The van der Waals surface area contributed by atoms with E-state index in [0.29, 0.717) is 28.4 Å². The van der Waals surface area contributed by atoms with E-state index in [1.807, 2.05) is 0 Å². The molecule has 0 fully saturated rings. The van der Waals surface area contributed by atoms with Gasteiger partial charge < -0.3 is 9.47 Å². The summed E-state index contributed by atoms with van der Waals surface area (Å²) in [7, 11) is -5.03. The molecule has 164 valence electrons. The molecule has 10 heteroatoms. The van der Waals surface area contributed by atoms with Crippen LogP contribution in [0.5, 0.6) is 11.5 Å². The number of hydrogen-bond donors (Lipinski definition) is 2. The summed E-state index contributed by atoms with van der Waals surface area (Å²) in [5.74, 6) is 1.16. The van der Waals surface area contributed by atoms with Gasteiger partial charge in [-0.25, -0.2) is 16.8 Å². The van der Waals surface area contributed by atoms with Gasteiger partial charge in [-0.15, -0.1) is 0 Å². The van der Waals surface area contributed by atoms with Crippen molar-refractivity contribution in [3.63, 3.8) is 0 Å². The Bertz CT molecular complexity index is 1270. The zero-order chi connectivity index (χ0) is 22.6. The predicted octanol–water partition coefficient (Wildman–Crippen LogP) is 3.61. The second-order valence-electron chi connectivity index (χ2n) is 6.60. The Hall–Kier alpha value is -3.24. The van der Waals surface area contributed by atoms with Gasteiger partial charge in [-0.1, -0.05) is 6.07 Å². The largest absolute Gasteiger partial charge is 0.497 e. The number of nitrogens with one attached hydrogen (secondary N) is 2. The Balaban J connectivity index is 1.90. The molecule has 0 aromatic heterocycles. The average molecular weight is 463 g/mol. The Morgan fingerprint density at radius 1 is 0.645 bits per heavy atom. The molecule has 0 atom stereocenters. The van der Waals surface area contributed by atoms with Crippen LogP contribution in [0, 0.1) is 6.92 Å². The molecule has 0 amide bonds. The van der Waals surface area contributed by atoms with Gasteiger partial charge in [0.1, 0.15) is 11.5 Å². The molecule has 0 bridgehead atoms. The maximum Gasteiger partial charge on any atom is 0.262 e. The molecule has 3 aromatic carbocycles. The zero-order valence-corrected chi connectivity index (χ0v) is 18.7. The fourth-order valence-electron chi connectivity index (χ4n) is 2.78. The van der Waals surface area contributed by atoms with Crippen LogP contribution in [0.2, 0.25) is 0 Å². The molecule has 0 saturated carbocycles. The maximum atomic E-state index is 12.9. The standard InChI is InChI=1S/C21H22N2O6S2/c1-15-4-13-20(30(24,25)22-16-5-9-18(28-2)10-6-16)14-21(15)31(26,27)23-17-7-11-19(29-3)12-8-17/h4-14,22-23H,1-3H3. The lowest BCUT2D eigenvalue weighted by Crippen LogP contribution is -2.17. The third-order valence-corrected chi connectivity index (χ3v) is 7.35. The Labute approximate surface area is 181 Å². The summed E-state index contributed by atoms with van der Waals surface area (Å²) in [5, 5.41) is 0. The highest BCUT2D eigenvalue weighted by atomic mass is 32.2. The van der Waals surface area contributed by atoms with Crippen molar-refractivity contribution in [3.05, 3.63) is 72.3 Å². The molecule has 8 nitrogen and oxygen atoms in total. The number of rotatable bonds is 8. The van der Waals surface area contributed by atoms with Crippen molar-refractivity contribution >= 4 is 31.4 Å². The molecule has 0 radical (unpaired) electrons. The van der Waals surface area contributed by atoms with Crippen molar-refractivity contribution in [2.24, 2.45) is 0 Å². The zero-order valence-electron chi connectivity index (χ0n) is 17.1. The van der Waals surface area contributed by atoms with Gasteiger partial charge in [0.15, 0.2) is 0 Å². The molecule has 0 unspecified atom stereocenters. The van der Waals surface area contributed by atoms with Crippen LogP contribution in [0.4, 0.5) is 11.4 Å². The highest BCUT2D eigenvalue weighted by molar-refractivity contribution is 7.93. The third kappa shape index (κ3) is 5.28. The van der Waals surface area contributed by atoms with Crippen LogP contribution in [-0.4, -0.2) is 31.1 Å². The van der Waals surface area contributed by atoms with Crippen LogP contribution < -0.4 is 18.9 Å². The van der Waals surface area contributed by atoms with Gasteiger partial charge >= 0.3 is 0 Å². The molecular weight excluding hydrogens is 440 g/mol. The molecule has 2 N–H and O–H groups in total. The first-order valence-electron chi connectivity index (χ1n) is 9.09. The quantitative estimate of drug-likeness (QED) is 0.529. The van der Waals surface area contributed by atoms with Gasteiger partial charge in [0, 0.05) is 11.4 Å². The van der Waals surface area contributed by atoms with E-state index in [-0.39, 0.29) is 9.79 Å². The number of methoxy groups -OCH3 is 2. The number of aryl methyl sites for hydroxylation is 1. The first kappa shape index (κ1) is 22.4. The number of ether oxygens (including phenoxy) is 2. The number of sulfonamides is 2. The highest BCUT2D eigenvalue weighted by Crippen LogP contribution is 2.25. The second kappa shape index (κ2) is 8.86. The maximum absolute atomic E-state index is 12.9. The van der Waals surface area contributed by atoms with E-state index in [9.17, 15) is 16.8 Å². The summed E-state index contributed by atoms with van der Waals surface area (Å²) < 4.78 is 66.4. The molecule has 0 aliphatic carbocycles. The van der Waals surface area contributed by atoms with Gasteiger partial charge in [-0.05, 0) is 73.2 Å². The van der Waals surface area contributed by atoms with Crippen molar-refractivity contribution in [1.82, 2.24) is 0 Å². The lowest BCUT2D eigenvalue weighted by Gasteiger charge is -2.13. The SMILES string of the molecule is COc1ccc(NS(=O)(=O)c2ccc(C)c(S(=O)(=O)Nc3ccc(OC)cc3)c2)cc1. The second-order valence-corrected chi connectivity index (χ2v) is 9.93. The summed E-state index contributed by atoms with van der Waals surface area (Å²) in [6.45, 7) is 1.59. The summed E-state index contributed by atoms with van der Waals surface area (Å²) in [5.41, 5.74) is 1.05. The molecule has 0 spiro atoms. The van der Waals surface area contributed by atoms with Gasteiger partial charge in [-0.3, -0.25) is 9.44 Å². The molecule has 31 heavy (non-hydrogen) atoms. The molecule has 0 saturated heterocycles. The summed E-state index contributed by atoms with van der Waals surface area (Å²) in [6.07, 6.45) is 0. The lowest BCUT2D eigenvalue weighted by atomic mass is 10.2. The number of anilines is 2. The molecule has 0 aliphatic rings. The van der Waals surface area contributed by atoms with Crippen LogP contribution in [0.15, 0.2) is 76.5 Å². The lowest BCUT2D eigenvalue weighted by molar-refractivity contribution is 0.415. The third-order valence-electron chi connectivity index (χ3n) is 4.44. The van der Waals surface area contributed by atoms with Crippen LogP contribution in [-0.2, 0) is 20.0 Å². The van der Waals surface area contributed by atoms with E-state index in [2.05, 4.69) is 9.44 Å². The van der Waals surface area contributed by atoms with E-state index in [1.54, 1.807) is 55.5 Å². The smallest absolute Gasteiger partial charge is 0.262 e. The van der Waals surface area contributed by atoms with Crippen LogP contribution in [0.25, 0.3) is 0 Å². The Morgan fingerprint density at radius 3 is 1.55 bits per heavy atom. The van der Waals surface area contributed by atoms with Crippen molar-refractivity contribution in [3.8, 4) is 11.5 Å². The van der Waals surface area contributed by atoms with Crippen LogP contribution in [0.3, 0.4) is 0 Å². The summed E-state index contributed by atoms with van der Waals surface area (Å²) in [4.78, 5) is -0.315. The fourth-order valence-corrected chi connectivity index (χ4v) is 5.27. The van der Waals surface area contributed by atoms with E-state index >= 15 is 0 Å². The minimum atomic E-state index is -4.03. The number of hydrogen-bond acceptors (Lipinski definition) is 6. The van der Waals surface area contributed by atoms with Crippen molar-refractivity contribution in [2.75, 3.05) is 23.7 Å². The minimum absolute atomic E-state index is 0.138. The fraction of sp³-hybridized carbons (Fsp3) is 0.143. The average Bonchev–Trinajstić information content (AvgIpc) is 2.74. The van der Waals surface area contributed by atoms with Crippen molar-refractivity contribution < 1.29 is 26.3 Å². The Kier molecular flexibility index (Phi) is 6.42. The normalized spacial score (nSPS) is 11.6. The molecule has 3 aromatic rings. The van der Waals surface area contributed by atoms with E-state index in [1.165, 1.54) is 26.4 Å². The first-order valence-corrected chi connectivity index (χ1v) is 12.1. The van der Waals surface area contributed by atoms with Crippen molar-refractivity contribution in [2.45, 2.75) is 16.7 Å². The molecule has 3 rings (SSSR count). The van der Waals surface area contributed by atoms with Crippen molar-refractivity contribution in [1.29, 1.82) is 0 Å². The molecule has 0 heterocycles.